The van der Waals surface area contributed by atoms with Crippen LogP contribution in [0.4, 0.5) is 0 Å². The third-order valence-electron chi connectivity index (χ3n) is 7.42. The van der Waals surface area contributed by atoms with Crippen molar-refractivity contribution in [3.05, 3.63) is 41.3 Å². The topological polar surface area (TPSA) is 72.8 Å². The van der Waals surface area contributed by atoms with Crippen molar-refractivity contribution in [2.45, 2.75) is 75.2 Å². The first-order valence-corrected chi connectivity index (χ1v) is 11.8. The van der Waals surface area contributed by atoms with E-state index in [1.54, 1.807) is 0 Å². The molecule has 1 N–H and O–H groups in total. The minimum Gasteiger partial charge on any atom is -0.336 e. The molecule has 5 unspecified atom stereocenters. The number of carbonyl (C=O) groups is 1. The molecule has 5 atom stereocenters. The number of aromatic amines is 1. The van der Waals surface area contributed by atoms with Gasteiger partial charge in [0.15, 0.2) is 0 Å². The van der Waals surface area contributed by atoms with Gasteiger partial charge in [0.25, 0.3) is 0 Å². The molecule has 4 aliphatic carbocycles. The number of allylic oxidation sites excluding steroid dienone is 4. The summed E-state index contributed by atoms with van der Waals surface area (Å²) in [6.07, 6.45) is 16.8. The van der Waals surface area contributed by atoms with E-state index in [4.69, 9.17) is 11.6 Å². The summed E-state index contributed by atoms with van der Waals surface area (Å²) in [4.78, 5) is 15.8. The quantitative estimate of drug-likeness (QED) is 0.578. The highest BCUT2D eigenvalue weighted by atomic mass is 35.5. The molecule has 0 saturated heterocycles. The van der Waals surface area contributed by atoms with Crippen molar-refractivity contribution < 1.29 is 4.79 Å². The molecule has 30 heavy (non-hydrogen) atoms. The van der Waals surface area contributed by atoms with Crippen LogP contribution in [0.1, 0.15) is 56.2 Å². The first-order valence-electron chi connectivity index (χ1n) is 11.4. The molecule has 1 aromatic rings. The van der Waals surface area contributed by atoms with Crippen LogP contribution in [0.25, 0.3) is 0 Å². The van der Waals surface area contributed by atoms with Crippen molar-refractivity contribution in [1.29, 1.82) is 5.26 Å². The number of carbonyl (C=O) groups excluding carboxylic acids is 1. The molecule has 0 bridgehead atoms. The number of fused-ring (bicyclic) bond motifs is 1. The summed E-state index contributed by atoms with van der Waals surface area (Å²) in [6.45, 7) is 0. The zero-order valence-corrected chi connectivity index (χ0v) is 18.0. The Labute approximate surface area is 183 Å². The lowest BCUT2D eigenvalue weighted by Crippen LogP contribution is -2.48. The summed E-state index contributed by atoms with van der Waals surface area (Å²) in [5.41, 5.74) is 3.68. The van der Waals surface area contributed by atoms with Crippen LogP contribution in [-0.4, -0.2) is 38.5 Å². The van der Waals surface area contributed by atoms with Crippen molar-refractivity contribution in [3.63, 3.8) is 0 Å². The minimum atomic E-state index is -0.145. The molecule has 1 aromatic heterocycles. The third kappa shape index (κ3) is 3.71. The van der Waals surface area contributed by atoms with Gasteiger partial charge in [0.1, 0.15) is 0 Å². The summed E-state index contributed by atoms with van der Waals surface area (Å²) >= 11 is 6.83. The maximum absolute atomic E-state index is 13.6. The fourth-order valence-corrected chi connectivity index (χ4v) is 6.13. The first-order chi connectivity index (χ1) is 14.7. The number of aryl methyl sites for hydroxylation is 1. The number of amides is 1. The Hall–Kier alpha value is -2.06. The third-order valence-corrected chi connectivity index (χ3v) is 7.85. The van der Waals surface area contributed by atoms with Crippen LogP contribution in [0.5, 0.6) is 0 Å². The largest absolute Gasteiger partial charge is 0.336 e. The van der Waals surface area contributed by atoms with E-state index in [1.165, 1.54) is 16.8 Å². The first kappa shape index (κ1) is 19.9. The Morgan fingerprint density at radius 3 is 2.90 bits per heavy atom. The Kier molecular flexibility index (Phi) is 5.45. The highest BCUT2D eigenvalue weighted by Crippen LogP contribution is 2.42. The lowest BCUT2D eigenvalue weighted by atomic mass is 9.74. The minimum absolute atomic E-state index is 0.0396. The number of halogens is 1. The predicted octanol–water partition coefficient (Wildman–Crippen LogP) is 4.31. The van der Waals surface area contributed by atoms with Crippen LogP contribution < -0.4 is 0 Å². The van der Waals surface area contributed by atoms with Gasteiger partial charge in [0.05, 0.1) is 23.6 Å². The fourth-order valence-electron chi connectivity index (χ4n) is 5.67. The zero-order valence-electron chi connectivity index (χ0n) is 17.3. The predicted molar refractivity (Wildman–Crippen MR) is 116 cm³/mol. The number of nitriles is 1. The van der Waals surface area contributed by atoms with Gasteiger partial charge in [-0.3, -0.25) is 9.89 Å². The summed E-state index contributed by atoms with van der Waals surface area (Å²) in [6, 6.07) is 3.11. The number of H-pyrrole nitrogens is 1. The molecule has 158 valence electrons. The maximum Gasteiger partial charge on any atom is 0.226 e. The van der Waals surface area contributed by atoms with Gasteiger partial charge in [-0.05, 0) is 63.4 Å². The van der Waals surface area contributed by atoms with E-state index in [-0.39, 0.29) is 35.1 Å². The molecule has 1 fully saturated rings. The molecule has 1 amide bonds. The Morgan fingerprint density at radius 1 is 1.27 bits per heavy atom. The number of nitrogens with one attached hydrogen (secondary N) is 1. The Morgan fingerprint density at radius 2 is 2.13 bits per heavy atom. The fraction of sp³-hybridized carbons (Fsp3) is 0.625. The molecule has 0 aliphatic heterocycles. The second-order valence-corrected chi connectivity index (χ2v) is 9.88. The van der Waals surface area contributed by atoms with Gasteiger partial charge in [-0.1, -0.05) is 23.8 Å². The van der Waals surface area contributed by atoms with Crippen LogP contribution in [0.15, 0.2) is 30.0 Å². The molecule has 0 aromatic carbocycles. The van der Waals surface area contributed by atoms with Gasteiger partial charge >= 0.3 is 0 Å². The molecule has 5 nitrogen and oxygen atoms in total. The van der Waals surface area contributed by atoms with E-state index in [2.05, 4.69) is 33.3 Å². The van der Waals surface area contributed by atoms with Crippen LogP contribution in [0, 0.1) is 29.1 Å². The van der Waals surface area contributed by atoms with E-state index < -0.39 is 0 Å². The van der Waals surface area contributed by atoms with Crippen molar-refractivity contribution in [2.24, 2.45) is 17.8 Å². The van der Waals surface area contributed by atoms with Crippen molar-refractivity contribution in [1.82, 2.24) is 15.1 Å². The van der Waals surface area contributed by atoms with Crippen molar-refractivity contribution >= 4 is 17.5 Å². The standard InChI is InChI=1S/C24H29ClN4O/c25-22-12-15(5-9-21(22)20-4-2-1-3-16(20)13-26)24(30)29(18-6-7-18)19-8-10-23-17(11-19)14-27-28-23/h1,3,9,14-16,18-20,22H,2,4-8,10-12H2,(H,27,28). The number of hydrogen-bond donors (Lipinski definition) is 1. The molecule has 6 heteroatoms. The molecule has 4 aliphatic rings. The maximum atomic E-state index is 13.6. The molecule has 0 radical (unpaired) electrons. The van der Waals surface area contributed by atoms with E-state index in [1.807, 2.05) is 12.3 Å². The molecular formula is C24H29ClN4O. The number of nitrogens with zero attached hydrogens (tertiary/aromatic N) is 3. The summed E-state index contributed by atoms with van der Waals surface area (Å²) in [7, 11) is 0. The highest BCUT2D eigenvalue weighted by Gasteiger charge is 2.43. The molecule has 1 saturated carbocycles. The molecule has 0 spiro atoms. The van der Waals surface area contributed by atoms with Gasteiger partial charge in [0, 0.05) is 29.6 Å². The average molecular weight is 425 g/mol. The van der Waals surface area contributed by atoms with Crippen LogP contribution >= 0.6 is 11.6 Å². The summed E-state index contributed by atoms with van der Waals surface area (Å²) < 4.78 is 0. The lowest BCUT2D eigenvalue weighted by Gasteiger charge is -2.39. The summed E-state index contributed by atoms with van der Waals surface area (Å²) in [5.74, 6) is 0.363. The van der Waals surface area contributed by atoms with Crippen LogP contribution in [-0.2, 0) is 17.6 Å². The highest BCUT2D eigenvalue weighted by molar-refractivity contribution is 6.22. The average Bonchev–Trinajstić information content (AvgIpc) is 3.49. The van der Waals surface area contributed by atoms with Gasteiger partial charge < -0.3 is 4.90 Å². The van der Waals surface area contributed by atoms with Crippen molar-refractivity contribution in [3.8, 4) is 6.07 Å². The Balaban J connectivity index is 1.31. The van der Waals surface area contributed by atoms with Crippen LogP contribution in [0.3, 0.4) is 0 Å². The van der Waals surface area contributed by atoms with E-state index in [0.29, 0.717) is 12.5 Å². The number of rotatable bonds is 4. The van der Waals surface area contributed by atoms with Gasteiger partial charge in [0.2, 0.25) is 5.91 Å². The number of hydrogen-bond acceptors (Lipinski definition) is 3. The van der Waals surface area contributed by atoms with E-state index >= 15 is 0 Å². The monoisotopic (exact) mass is 424 g/mol. The van der Waals surface area contributed by atoms with Crippen molar-refractivity contribution in [2.75, 3.05) is 0 Å². The normalized spacial score (nSPS) is 33.3. The van der Waals surface area contributed by atoms with E-state index in [0.717, 1.165) is 51.4 Å². The SMILES string of the molecule is N#CC1C=CCCC1C1=CCC(C(=O)N(C2CC2)C2CCc3[nH]ncc3C2)CC1Cl. The second-order valence-electron chi connectivity index (χ2n) is 9.35. The smallest absolute Gasteiger partial charge is 0.226 e. The van der Waals surface area contributed by atoms with Gasteiger partial charge in [-0.25, -0.2) is 0 Å². The zero-order chi connectivity index (χ0) is 20.7. The number of aromatic nitrogens is 2. The molecular weight excluding hydrogens is 396 g/mol. The van der Waals surface area contributed by atoms with E-state index in [9.17, 15) is 10.1 Å². The molecule has 5 rings (SSSR count). The second kappa shape index (κ2) is 8.23. The lowest BCUT2D eigenvalue weighted by molar-refractivity contribution is -0.139. The van der Waals surface area contributed by atoms with Crippen LogP contribution in [0.2, 0.25) is 0 Å². The number of alkyl halides is 1. The summed E-state index contributed by atoms with van der Waals surface area (Å²) in [5, 5.41) is 16.7. The Bertz CT molecular complexity index is 909. The molecule has 1 heterocycles. The van der Waals surface area contributed by atoms with Gasteiger partial charge in [-0.2, -0.15) is 10.4 Å². The van der Waals surface area contributed by atoms with Gasteiger partial charge in [-0.15, -0.1) is 11.6 Å².